The van der Waals surface area contributed by atoms with E-state index in [1.807, 2.05) is 30.3 Å². The number of benzene rings is 1. The van der Waals surface area contributed by atoms with Crippen molar-refractivity contribution in [2.45, 2.75) is 49.1 Å². The fourth-order valence-corrected chi connectivity index (χ4v) is 3.53. The molecule has 5 nitrogen and oxygen atoms in total. The summed E-state index contributed by atoms with van der Waals surface area (Å²) in [6.07, 6.45) is 2.30. The molecule has 1 aliphatic rings. The molecule has 6 heteroatoms. The lowest BCUT2D eigenvalue weighted by molar-refractivity contribution is -0.117. The van der Waals surface area contributed by atoms with Crippen LogP contribution in [0.1, 0.15) is 55.3 Å². The summed E-state index contributed by atoms with van der Waals surface area (Å²) in [4.78, 5) is 11.9. The molecular weight excluding hydrogens is 296 g/mol. The van der Waals surface area contributed by atoms with E-state index < -0.39 is 5.25 Å². The van der Waals surface area contributed by atoms with Gasteiger partial charge in [-0.2, -0.15) is 0 Å². The van der Waals surface area contributed by atoms with Gasteiger partial charge in [-0.3, -0.25) is 4.79 Å². The number of primary amides is 1. The van der Waals surface area contributed by atoms with Crippen molar-refractivity contribution in [1.82, 2.24) is 14.8 Å². The molecule has 1 aliphatic carbocycles. The van der Waals surface area contributed by atoms with Crippen molar-refractivity contribution in [2.24, 2.45) is 5.73 Å². The third-order valence-electron chi connectivity index (χ3n) is 3.70. The highest BCUT2D eigenvalue weighted by Gasteiger charge is 2.32. The summed E-state index contributed by atoms with van der Waals surface area (Å²) in [6, 6.07) is 10.1. The van der Waals surface area contributed by atoms with Crippen molar-refractivity contribution in [1.29, 1.82) is 0 Å². The summed E-state index contributed by atoms with van der Waals surface area (Å²) in [5.74, 6) is 0.945. The molecule has 2 N–H and O–H groups in total. The molecule has 1 aromatic heterocycles. The predicted molar refractivity (Wildman–Crippen MR) is 86.6 cm³/mol. The van der Waals surface area contributed by atoms with Crippen LogP contribution in [-0.2, 0) is 4.79 Å². The van der Waals surface area contributed by atoms with Crippen LogP contribution in [0.15, 0.2) is 35.5 Å². The van der Waals surface area contributed by atoms with Gasteiger partial charge in [0, 0.05) is 12.0 Å². The maximum Gasteiger partial charge on any atom is 0.235 e. The summed E-state index contributed by atoms with van der Waals surface area (Å²) in [5.41, 5.74) is 6.51. The van der Waals surface area contributed by atoms with Crippen LogP contribution in [0.25, 0.3) is 0 Å². The van der Waals surface area contributed by atoms with Gasteiger partial charge >= 0.3 is 0 Å². The molecule has 0 aliphatic heterocycles. The summed E-state index contributed by atoms with van der Waals surface area (Å²) in [7, 11) is 0. The van der Waals surface area contributed by atoms with E-state index in [1.54, 1.807) is 0 Å². The molecule has 1 saturated carbocycles. The Morgan fingerprint density at radius 1 is 1.27 bits per heavy atom. The summed E-state index contributed by atoms with van der Waals surface area (Å²) >= 11 is 1.40. The average molecular weight is 316 g/mol. The Balaban J connectivity index is 1.92. The number of thioether (sulfide) groups is 1. The minimum atomic E-state index is -0.442. The van der Waals surface area contributed by atoms with Crippen molar-refractivity contribution in [3.63, 3.8) is 0 Å². The lowest BCUT2D eigenvalue weighted by Crippen LogP contribution is -2.19. The second-order valence-electron chi connectivity index (χ2n) is 5.91. The van der Waals surface area contributed by atoms with E-state index in [9.17, 15) is 4.79 Å². The first-order chi connectivity index (χ1) is 10.6. The molecule has 0 bridgehead atoms. The quantitative estimate of drug-likeness (QED) is 0.831. The Morgan fingerprint density at radius 2 is 1.95 bits per heavy atom. The van der Waals surface area contributed by atoms with Gasteiger partial charge in [0.15, 0.2) is 5.16 Å². The van der Waals surface area contributed by atoms with Crippen molar-refractivity contribution < 1.29 is 4.79 Å². The van der Waals surface area contributed by atoms with Crippen LogP contribution in [-0.4, -0.2) is 20.7 Å². The Labute approximate surface area is 134 Å². The fourth-order valence-electron chi connectivity index (χ4n) is 2.46. The van der Waals surface area contributed by atoms with Crippen LogP contribution < -0.4 is 5.73 Å². The number of amides is 1. The molecule has 1 unspecified atom stereocenters. The van der Waals surface area contributed by atoms with Gasteiger partial charge in [-0.15, -0.1) is 10.2 Å². The van der Waals surface area contributed by atoms with E-state index in [-0.39, 0.29) is 5.91 Å². The van der Waals surface area contributed by atoms with Gasteiger partial charge in [-0.1, -0.05) is 55.9 Å². The van der Waals surface area contributed by atoms with Gasteiger partial charge in [0.1, 0.15) is 11.1 Å². The van der Waals surface area contributed by atoms with E-state index in [2.05, 4.69) is 28.6 Å². The van der Waals surface area contributed by atoms with Crippen LogP contribution in [0.5, 0.6) is 0 Å². The molecule has 2 aromatic rings. The Hall–Kier alpha value is -1.82. The second-order valence-corrected chi connectivity index (χ2v) is 6.98. The monoisotopic (exact) mass is 316 g/mol. The molecule has 116 valence electrons. The Morgan fingerprint density at radius 3 is 2.50 bits per heavy atom. The summed E-state index contributed by atoms with van der Waals surface area (Å²) in [5, 5.41) is 8.99. The third kappa shape index (κ3) is 3.02. The van der Waals surface area contributed by atoms with E-state index in [4.69, 9.17) is 5.73 Å². The number of aromatic nitrogens is 3. The minimum absolute atomic E-state index is 0.311. The standard InChI is InChI=1S/C16H20N4OS/c1-10(2)15-18-19-16(20(15)12-8-9-12)22-13(14(17)21)11-6-4-3-5-7-11/h3-7,10,12-13H,8-9H2,1-2H3,(H2,17,21). The maximum absolute atomic E-state index is 11.9. The molecule has 1 amide bonds. The zero-order valence-electron chi connectivity index (χ0n) is 12.8. The van der Waals surface area contributed by atoms with E-state index in [1.165, 1.54) is 11.8 Å². The number of carbonyl (C=O) groups is 1. The molecule has 1 heterocycles. The van der Waals surface area contributed by atoms with Crippen molar-refractivity contribution in [2.75, 3.05) is 0 Å². The minimum Gasteiger partial charge on any atom is -0.368 e. The number of rotatable bonds is 6. The Kier molecular flexibility index (Phi) is 4.20. The van der Waals surface area contributed by atoms with Gasteiger partial charge in [0.05, 0.1) is 0 Å². The normalized spacial score (nSPS) is 16.0. The number of hydrogen-bond acceptors (Lipinski definition) is 4. The summed E-state index contributed by atoms with van der Waals surface area (Å²) < 4.78 is 2.19. The van der Waals surface area contributed by atoms with Crippen molar-refractivity contribution >= 4 is 17.7 Å². The molecular formula is C16H20N4OS. The third-order valence-corrected chi connectivity index (χ3v) is 4.93. The van der Waals surface area contributed by atoms with Gasteiger partial charge in [0.2, 0.25) is 5.91 Å². The first kappa shape index (κ1) is 15.1. The molecule has 1 atom stereocenters. The Bertz CT molecular complexity index is 664. The van der Waals surface area contributed by atoms with Crippen molar-refractivity contribution in [3.05, 3.63) is 41.7 Å². The van der Waals surface area contributed by atoms with Crippen LogP contribution in [0.4, 0.5) is 0 Å². The molecule has 22 heavy (non-hydrogen) atoms. The SMILES string of the molecule is CC(C)c1nnc(SC(C(N)=O)c2ccccc2)n1C1CC1. The van der Waals surface area contributed by atoms with Gasteiger partial charge in [-0.25, -0.2) is 0 Å². The fraction of sp³-hybridized carbons (Fsp3) is 0.438. The molecule has 1 fully saturated rings. The lowest BCUT2D eigenvalue weighted by Gasteiger charge is -2.15. The molecule has 0 saturated heterocycles. The molecule has 1 aromatic carbocycles. The van der Waals surface area contributed by atoms with Crippen LogP contribution in [0.2, 0.25) is 0 Å². The maximum atomic E-state index is 11.9. The smallest absolute Gasteiger partial charge is 0.235 e. The molecule has 0 radical (unpaired) electrons. The predicted octanol–water partition coefficient (Wildman–Crippen LogP) is 3.06. The zero-order chi connectivity index (χ0) is 15.7. The van der Waals surface area contributed by atoms with Gasteiger partial charge in [-0.05, 0) is 18.4 Å². The van der Waals surface area contributed by atoms with Gasteiger partial charge in [0.25, 0.3) is 0 Å². The second kappa shape index (κ2) is 6.12. The summed E-state index contributed by atoms with van der Waals surface area (Å²) in [6.45, 7) is 4.22. The number of carbonyl (C=O) groups excluding carboxylic acids is 1. The van der Waals surface area contributed by atoms with E-state index in [0.717, 1.165) is 29.4 Å². The topological polar surface area (TPSA) is 73.8 Å². The highest BCUT2D eigenvalue weighted by molar-refractivity contribution is 8.00. The highest BCUT2D eigenvalue weighted by Crippen LogP contribution is 2.43. The molecule has 0 spiro atoms. The number of nitrogens with zero attached hydrogens (tertiary/aromatic N) is 3. The number of nitrogens with two attached hydrogens (primary N) is 1. The van der Waals surface area contributed by atoms with Crippen LogP contribution in [0.3, 0.4) is 0 Å². The van der Waals surface area contributed by atoms with Crippen molar-refractivity contribution in [3.8, 4) is 0 Å². The molecule has 3 rings (SSSR count). The largest absolute Gasteiger partial charge is 0.368 e. The lowest BCUT2D eigenvalue weighted by atomic mass is 10.1. The number of hydrogen-bond donors (Lipinski definition) is 1. The van der Waals surface area contributed by atoms with Gasteiger partial charge < -0.3 is 10.3 Å². The average Bonchev–Trinajstić information content (AvgIpc) is 3.25. The van der Waals surface area contributed by atoms with Crippen LogP contribution in [0, 0.1) is 0 Å². The van der Waals surface area contributed by atoms with Crippen LogP contribution >= 0.6 is 11.8 Å². The highest BCUT2D eigenvalue weighted by atomic mass is 32.2. The zero-order valence-corrected chi connectivity index (χ0v) is 13.6. The first-order valence-corrected chi connectivity index (χ1v) is 8.41. The first-order valence-electron chi connectivity index (χ1n) is 7.53. The van der Waals surface area contributed by atoms with E-state index >= 15 is 0 Å². The van der Waals surface area contributed by atoms with E-state index in [0.29, 0.717) is 12.0 Å².